The van der Waals surface area contributed by atoms with Gasteiger partial charge in [0, 0.05) is 27.9 Å². The minimum atomic E-state index is -0.582. The fraction of sp³-hybridized carbons (Fsp3) is 0.186. The van der Waals surface area contributed by atoms with Crippen LogP contribution >= 0.6 is 0 Å². The molecule has 0 fully saturated rings. The summed E-state index contributed by atoms with van der Waals surface area (Å²) in [5.74, 6) is 0. The van der Waals surface area contributed by atoms with E-state index in [-0.39, 0.29) is 16.9 Å². The van der Waals surface area contributed by atoms with Crippen LogP contribution in [0.25, 0.3) is 23.3 Å². The average Bonchev–Trinajstić information content (AvgIpc) is 3.52. The molecule has 0 amide bonds. The molecule has 0 radical (unpaired) electrons. The molecule has 0 N–H and O–H groups in total. The van der Waals surface area contributed by atoms with Crippen LogP contribution in [0.1, 0.15) is 98.0 Å². The van der Waals surface area contributed by atoms with Crippen molar-refractivity contribution in [1.82, 2.24) is 0 Å². The second-order valence-electron chi connectivity index (χ2n) is 18.0. The fourth-order valence-electron chi connectivity index (χ4n) is 11.7. The molecule has 0 saturated carbocycles. The number of para-hydroxylation sites is 3. The molecule has 2 aliphatic heterocycles. The second kappa shape index (κ2) is 13.7. The minimum Gasteiger partial charge on any atom is -0.334 e. The highest BCUT2D eigenvalue weighted by Crippen LogP contribution is 2.61. The molecular formula is C59H52N2. The van der Waals surface area contributed by atoms with E-state index < -0.39 is 5.41 Å². The van der Waals surface area contributed by atoms with E-state index in [1.807, 2.05) is 13.8 Å². The third kappa shape index (κ3) is 5.09. The summed E-state index contributed by atoms with van der Waals surface area (Å²) in [5.41, 5.74) is 21.3. The summed E-state index contributed by atoms with van der Waals surface area (Å²) in [6.45, 7) is 13.5. The van der Waals surface area contributed by atoms with Crippen molar-refractivity contribution in [2.45, 2.75) is 70.3 Å². The maximum absolute atomic E-state index is 2.64. The number of fused-ring (bicyclic) bond motifs is 13. The van der Waals surface area contributed by atoms with Gasteiger partial charge in [0.05, 0.1) is 22.8 Å². The van der Waals surface area contributed by atoms with Gasteiger partial charge in [-0.2, -0.15) is 0 Å². The van der Waals surface area contributed by atoms with Crippen molar-refractivity contribution in [3.8, 4) is 11.1 Å². The molecule has 12 rings (SSSR count). The molecule has 5 aliphatic rings. The molecule has 2 heteroatoms. The lowest BCUT2D eigenvalue weighted by atomic mass is 9.65. The molecule has 2 nitrogen and oxygen atoms in total. The minimum absolute atomic E-state index is 0.0717. The summed E-state index contributed by atoms with van der Waals surface area (Å²) < 4.78 is 0. The van der Waals surface area contributed by atoms with E-state index in [0.29, 0.717) is 0 Å². The van der Waals surface area contributed by atoms with E-state index in [1.54, 1.807) is 0 Å². The first-order valence-electron chi connectivity index (χ1n) is 22.2. The first kappa shape index (κ1) is 37.4. The smallest absolute Gasteiger partial charge is 0.0726 e. The van der Waals surface area contributed by atoms with Gasteiger partial charge >= 0.3 is 0 Å². The fourth-order valence-corrected chi connectivity index (χ4v) is 11.7. The predicted octanol–water partition coefficient (Wildman–Crippen LogP) is 15.4. The molecule has 0 aromatic heterocycles. The molecule has 1 unspecified atom stereocenters. The zero-order valence-electron chi connectivity index (χ0n) is 36.1. The van der Waals surface area contributed by atoms with Crippen LogP contribution in [0, 0.1) is 0 Å². The van der Waals surface area contributed by atoms with Crippen molar-refractivity contribution >= 4 is 40.6 Å². The van der Waals surface area contributed by atoms with Gasteiger partial charge in [0.1, 0.15) is 0 Å². The first-order chi connectivity index (χ1) is 29.8. The van der Waals surface area contributed by atoms with E-state index in [1.165, 1.54) is 95.2 Å². The summed E-state index contributed by atoms with van der Waals surface area (Å²) in [6, 6.07) is 60.2. The topological polar surface area (TPSA) is 6.48 Å². The van der Waals surface area contributed by atoms with Crippen molar-refractivity contribution in [3.63, 3.8) is 0 Å². The van der Waals surface area contributed by atoms with Crippen molar-refractivity contribution in [2.75, 3.05) is 9.80 Å². The second-order valence-corrected chi connectivity index (χ2v) is 18.0. The maximum Gasteiger partial charge on any atom is 0.0726 e. The Morgan fingerprint density at radius 3 is 1.49 bits per heavy atom. The molecule has 2 heterocycles. The molecule has 0 bridgehead atoms. The van der Waals surface area contributed by atoms with Gasteiger partial charge in [-0.1, -0.05) is 187 Å². The van der Waals surface area contributed by atoms with E-state index in [9.17, 15) is 0 Å². The lowest BCUT2D eigenvalue weighted by Gasteiger charge is -2.49. The number of hydrogen-bond acceptors (Lipinski definition) is 2. The molecule has 1 spiro atoms. The number of anilines is 5. The van der Waals surface area contributed by atoms with Gasteiger partial charge in [-0.05, 0) is 116 Å². The van der Waals surface area contributed by atoms with Gasteiger partial charge in [0.25, 0.3) is 0 Å². The van der Waals surface area contributed by atoms with Crippen molar-refractivity contribution in [3.05, 3.63) is 232 Å². The Labute approximate surface area is 361 Å². The van der Waals surface area contributed by atoms with Gasteiger partial charge < -0.3 is 9.80 Å². The monoisotopic (exact) mass is 788 g/mol. The lowest BCUT2D eigenvalue weighted by molar-refractivity contribution is 0.522. The van der Waals surface area contributed by atoms with Crippen LogP contribution in [0.5, 0.6) is 0 Å². The molecule has 1 atom stereocenters. The van der Waals surface area contributed by atoms with E-state index >= 15 is 0 Å². The van der Waals surface area contributed by atoms with Crippen molar-refractivity contribution < 1.29 is 0 Å². The van der Waals surface area contributed by atoms with Crippen LogP contribution in [0.15, 0.2) is 182 Å². The highest BCUT2D eigenvalue weighted by atomic mass is 15.2. The van der Waals surface area contributed by atoms with Gasteiger partial charge in [-0.3, -0.25) is 0 Å². The summed E-state index contributed by atoms with van der Waals surface area (Å²) in [5, 5.41) is 0. The van der Waals surface area contributed by atoms with Crippen molar-refractivity contribution in [1.29, 1.82) is 0 Å². The first-order valence-corrected chi connectivity index (χ1v) is 22.2. The zero-order chi connectivity index (χ0) is 41.7. The van der Waals surface area contributed by atoms with Gasteiger partial charge in [0.15, 0.2) is 0 Å². The summed E-state index contributed by atoms with van der Waals surface area (Å²) in [7, 11) is 0. The number of benzene rings is 7. The Morgan fingerprint density at radius 2 is 0.918 bits per heavy atom. The largest absolute Gasteiger partial charge is 0.334 e. The van der Waals surface area contributed by atoms with E-state index in [4.69, 9.17) is 0 Å². The van der Waals surface area contributed by atoms with Gasteiger partial charge in [-0.15, -0.1) is 0 Å². The Kier molecular flexibility index (Phi) is 8.39. The van der Waals surface area contributed by atoms with Crippen LogP contribution in [0.4, 0.5) is 28.4 Å². The number of hydrogen-bond donors (Lipinski definition) is 0. The predicted molar refractivity (Wildman–Crippen MR) is 258 cm³/mol. The normalized spacial score (nSPS) is 18.4. The third-order valence-electron chi connectivity index (χ3n) is 14.4. The van der Waals surface area contributed by atoms with Crippen LogP contribution < -0.4 is 9.80 Å². The van der Waals surface area contributed by atoms with Crippen LogP contribution in [-0.2, 0) is 16.2 Å². The van der Waals surface area contributed by atoms with Crippen LogP contribution in [0.2, 0.25) is 0 Å². The van der Waals surface area contributed by atoms with Crippen LogP contribution in [0.3, 0.4) is 0 Å². The average molecular weight is 789 g/mol. The number of nitrogens with zero attached hydrogens (tertiary/aromatic N) is 2. The number of rotatable bonds is 2. The summed E-state index contributed by atoms with van der Waals surface area (Å²) in [6.07, 6.45) is 12.7. The highest BCUT2D eigenvalue weighted by molar-refractivity contribution is 5.94. The summed E-state index contributed by atoms with van der Waals surface area (Å²) in [4.78, 5) is 5.16. The molecular weight excluding hydrogens is 737 g/mol. The Morgan fingerprint density at radius 1 is 0.459 bits per heavy atom. The van der Waals surface area contributed by atoms with Gasteiger partial charge in [0.2, 0.25) is 0 Å². The molecule has 61 heavy (non-hydrogen) atoms. The standard InChI is InChI=1S/C57H46N2.C2H6/c1-55(2)45-21-9-13-25-51(45)58(52-26-14-10-22-46(52)55)39-33-31-37-29-30-38-32-34-40(59-53-27-15-11-23-47(53)56(3,4)48-24-12-16-28-54(48)59)36-50(38)57(49(37)35-39)43-19-7-5-17-41(43)42-18-6-8-20-44(42)57;1-2/h5-27,29-36,54H,28H2,1-4H3;1-2H3. The van der Waals surface area contributed by atoms with Crippen LogP contribution in [-0.4, -0.2) is 6.04 Å². The SMILES string of the molecule is CC.CC1(C)C2=CC=CCC2N(c2ccc3c(c2)C2(c4cc(N5c6ccccc6C(C)(C)c6ccccc65)ccc4C=C3)c3ccccc3-c3ccccc32)c2ccccc21. The summed E-state index contributed by atoms with van der Waals surface area (Å²) >= 11 is 0. The Bertz CT molecular complexity index is 2910. The quantitative estimate of drug-likeness (QED) is 0.172. The third-order valence-corrected chi connectivity index (χ3v) is 14.4. The van der Waals surface area contributed by atoms with E-state index in [2.05, 4.69) is 226 Å². The van der Waals surface area contributed by atoms with Gasteiger partial charge in [-0.25, -0.2) is 0 Å². The molecule has 298 valence electrons. The van der Waals surface area contributed by atoms with Crippen molar-refractivity contribution in [2.24, 2.45) is 0 Å². The molecule has 7 aromatic carbocycles. The molecule has 0 saturated heterocycles. The molecule has 3 aliphatic carbocycles. The molecule has 7 aromatic rings. The maximum atomic E-state index is 2.64. The van der Waals surface area contributed by atoms with E-state index in [0.717, 1.165) is 6.42 Å². The Balaban J connectivity index is 0.00000207. The number of allylic oxidation sites excluding steroid dienone is 2. The highest BCUT2D eigenvalue weighted by Gasteiger charge is 2.50. The lowest BCUT2D eigenvalue weighted by Crippen LogP contribution is -2.45. The zero-order valence-corrected chi connectivity index (χ0v) is 36.1. The Hall–Kier alpha value is -6.64.